The summed E-state index contributed by atoms with van der Waals surface area (Å²) in [7, 11) is 1.95. The number of amides is 2. The zero-order chi connectivity index (χ0) is 18.1. The van der Waals surface area contributed by atoms with Crippen molar-refractivity contribution in [1.82, 2.24) is 14.7 Å². The van der Waals surface area contributed by atoms with Crippen molar-refractivity contribution in [2.45, 2.75) is 44.1 Å². The minimum atomic E-state index is -0.847. The molecule has 1 saturated carbocycles. The Hall–Kier alpha value is -2.12. The molecule has 1 aliphatic carbocycles. The number of hydrogen-bond acceptors (Lipinski definition) is 5. The summed E-state index contributed by atoms with van der Waals surface area (Å²) in [4.78, 5) is 31.3. The van der Waals surface area contributed by atoms with Gasteiger partial charge in [0.1, 0.15) is 17.5 Å². The average Bonchev–Trinajstić information content (AvgIpc) is 3.13. The third-order valence-electron chi connectivity index (χ3n) is 6.34. The number of nitrogens with zero attached hydrogens (tertiary/aromatic N) is 5. The van der Waals surface area contributed by atoms with E-state index in [4.69, 9.17) is 5.26 Å². The Morgan fingerprint density at radius 1 is 1.08 bits per heavy atom. The second kappa shape index (κ2) is 6.65. The summed E-state index contributed by atoms with van der Waals surface area (Å²) in [6.07, 6.45) is 4.30. The molecule has 3 aliphatic rings. The Morgan fingerprint density at radius 2 is 1.72 bits per heavy atom. The molecule has 2 heterocycles. The van der Waals surface area contributed by atoms with E-state index < -0.39 is 11.0 Å². The van der Waals surface area contributed by atoms with Crippen LogP contribution in [-0.4, -0.2) is 71.8 Å². The molecule has 0 atom stereocenters. The molecule has 7 nitrogen and oxygen atoms in total. The van der Waals surface area contributed by atoms with Crippen LogP contribution < -0.4 is 0 Å². The van der Waals surface area contributed by atoms with Gasteiger partial charge in [-0.1, -0.05) is 12.8 Å². The maximum absolute atomic E-state index is 12.9. The zero-order valence-electron chi connectivity index (χ0n) is 14.8. The molecule has 0 aromatic heterocycles. The van der Waals surface area contributed by atoms with E-state index in [1.165, 1.54) is 0 Å². The van der Waals surface area contributed by atoms with E-state index in [1.54, 1.807) is 9.80 Å². The molecule has 0 bridgehead atoms. The second-order valence-electron chi connectivity index (χ2n) is 7.53. The number of carbonyl (C=O) groups excluding carboxylic acids is 2. The van der Waals surface area contributed by atoms with E-state index in [1.807, 2.05) is 7.05 Å². The predicted molar refractivity (Wildman–Crippen MR) is 89.9 cm³/mol. The van der Waals surface area contributed by atoms with Gasteiger partial charge in [-0.2, -0.15) is 10.5 Å². The highest BCUT2D eigenvalue weighted by atomic mass is 16.2. The highest BCUT2D eigenvalue weighted by Crippen LogP contribution is 2.41. The number of piperidine rings is 1. The van der Waals surface area contributed by atoms with Crippen LogP contribution in [0.15, 0.2) is 0 Å². The standard InChI is InChI=1S/C18H25N5O2/c1-21-12-13-23(11-8-19)16(25)18(21)6-9-22(10-7-18)15(24)17(14-20)4-2-3-5-17/h2-7,9-13H2,1H3. The minimum absolute atomic E-state index is 0.00534. The van der Waals surface area contributed by atoms with E-state index in [0.717, 1.165) is 19.4 Å². The average molecular weight is 343 g/mol. The second-order valence-corrected chi connectivity index (χ2v) is 7.53. The van der Waals surface area contributed by atoms with Crippen molar-refractivity contribution in [3.63, 3.8) is 0 Å². The first-order valence-electron chi connectivity index (χ1n) is 9.07. The Bertz CT molecular complexity index is 633. The number of rotatable bonds is 2. The normalized spacial score (nSPS) is 25.6. The van der Waals surface area contributed by atoms with Crippen molar-refractivity contribution < 1.29 is 9.59 Å². The van der Waals surface area contributed by atoms with Crippen LogP contribution in [-0.2, 0) is 9.59 Å². The summed E-state index contributed by atoms with van der Waals surface area (Å²) in [5, 5.41) is 18.5. The van der Waals surface area contributed by atoms with Crippen LogP contribution in [0.3, 0.4) is 0 Å². The first kappa shape index (κ1) is 17.7. The fourth-order valence-electron chi connectivity index (χ4n) is 4.61. The molecular weight excluding hydrogens is 318 g/mol. The molecule has 2 aliphatic heterocycles. The number of nitriles is 2. The van der Waals surface area contributed by atoms with E-state index in [9.17, 15) is 14.9 Å². The summed E-state index contributed by atoms with van der Waals surface area (Å²) in [6, 6.07) is 4.34. The first-order valence-corrected chi connectivity index (χ1v) is 9.07. The lowest BCUT2D eigenvalue weighted by Crippen LogP contribution is -2.68. The molecule has 25 heavy (non-hydrogen) atoms. The number of hydrogen-bond donors (Lipinski definition) is 0. The van der Waals surface area contributed by atoms with Gasteiger partial charge in [-0.05, 0) is 32.7 Å². The third kappa shape index (κ3) is 2.77. The zero-order valence-corrected chi connectivity index (χ0v) is 14.8. The van der Waals surface area contributed by atoms with Crippen molar-refractivity contribution >= 4 is 11.8 Å². The highest BCUT2D eigenvalue weighted by molar-refractivity contribution is 5.89. The number of likely N-dealkylation sites (tertiary alicyclic amines) is 1. The number of likely N-dealkylation sites (N-methyl/N-ethyl adjacent to an activating group) is 1. The highest BCUT2D eigenvalue weighted by Gasteiger charge is 2.52. The van der Waals surface area contributed by atoms with Crippen molar-refractivity contribution in [3.05, 3.63) is 0 Å². The predicted octanol–water partition coefficient (Wildman–Crippen LogP) is 0.729. The van der Waals surface area contributed by atoms with Crippen molar-refractivity contribution in [3.8, 4) is 12.1 Å². The Labute approximate surface area is 148 Å². The molecule has 2 saturated heterocycles. The topological polar surface area (TPSA) is 91.4 Å². The molecule has 0 aromatic carbocycles. The van der Waals surface area contributed by atoms with Gasteiger partial charge in [0.05, 0.1) is 12.1 Å². The van der Waals surface area contributed by atoms with Gasteiger partial charge in [0.2, 0.25) is 11.8 Å². The van der Waals surface area contributed by atoms with Gasteiger partial charge in [0.15, 0.2) is 0 Å². The van der Waals surface area contributed by atoms with E-state index in [2.05, 4.69) is 17.0 Å². The molecular formula is C18H25N5O2. The van der Waals surface area contributed by atoms with Crippen LogP contribution in [0.2, 0.25) is 0 Å². The molecule has 3 rings (SSSR count). The molecule has 7 heteroatoms. The smallest absolute Gasteiger partial charge is 0.244 e. The first-order chi connectivity index (χ1) is 12.0. The quantitative estimate of drug-likeness (QED) is 0.689. The molecule has 3 fully saturated rings. The van der Waals surface area contributed by atoms with Gasteiger partial charge in [0.25, 0.3) is 0 Å². The van der Waals surface area contributed by atoms with E-state index >= 15 is 0 Å². The minimum Gasteiger partial charge on any atom is -0.341 e. The molecule has 0 aromatic rings. The Balaban J connectivity index is 1.72. The van der Waals surface area contributed by atoms with Gasteiger partial charge in [-0.15, -0.1) is 0 Å². The van der Waals surface area contributed by atoms with Crippen LogP contribution in [0, 0.1) is 28.1 Å². The van der Waals surface area contributed by atoms with E-state index in [-0.39, 0.29) is 18.4 Å². The van der Waals surface area contributed by atoms with Crippen LogP contribution in [0.4, 0.5) is 0 Å². The fourth-order valence-corrected chi connectivity index (χ4v) is 4.61. The van der Waals surface area contributed by atoms with Crippen molar-refractivity contribution in [2.75, 3.05) is 39.8 Å². The van der Waals surface area contributed by atoms with Crippen molar-refractivity contribution in [1.29, 1.82) is 10.5 Å². The Morgan fingerprint density at radius 3 is 2.28 bits per heavy atom. The monoisotopic (exact) mass is 343 g/mol. The number of carbonyl (C=O) groups is 2. The van der Waals surface area contributed by atoms with Crippen LogP contribution in [0.1, 0.15) is 38.5 Å². The Kier molecular flexibility index (Phi) is 4.71. The van der Waals surface area contributed by atoms with Crippen molar-refractivity contribution in [2.24, 2.45) is 5.41 Å². The SMILES string of the molecule is CN1CCN(CC#N)C(=O)C12CCN(C(=O)C1(C#N)CCCC1)CC2. The molecule has 1 spiro atoms. The third-order valence-corrected chi connectivity index (χ3v) is 6.34. The van der Waals surface area contributed by atoms with Crippen LogP contribution in [0.5, 0.6) is 0 Å². The molecule has 2 amide bonds. The molecule has 134 valence electrons. The largest absolute Gasteiger partial charge is 0.341 e. The molecule has 0 N–H and O–H groups in total. The van der Waals surface area contributed by atoms with Gasteiger partial charge in [0, 0.05) is 26.2 Å². The summed E-state index contributed by atoms with van der Waals surface area (Å²) in [6.45, 7) is 2.43. The summed E-state index contributed by atoms with van der Waals surface area (Å²) in [5.41, 5.74) is -1.46. The summed E-state index contributed by atoms with van der Waals surface area (Å²) < 4.78 is 0. The maximum Gasteiger partial charge on any atom is 0.244 e. The summed E-state index contributed by atoms with van der Waals surface area (Å²) in [5.74, 6) is -0.0482. The number of piperazine rings is 1. The van der Waals surface area contributed by atoms with E-state index in [0.29, 0.717) is 45.3 Å². The van der Waals surface area contributed by atoms with Gasteiger partial charge < -0.3 is 9.80 Å². The van der Waals surface area contributed by atoms with Gasteiger partial charge >= 0.3 is 0 Å². The molecule has 0 radical (unpaired) electrons. The lowest BCUT2D eigenvalue weighted by atomic mass is 9.80. The fraction of sp³-hybridized carbons (Fsp3) is 0.778. The lowest BCUT2D eigenvalue weighted by molar-refractivity contribution is -0.157. The summed E-state index contributed by atoms with van der Waals surface area (Å²) >= 11 is 0. The van der Waals surface area contributed by atoms with Crippen LogP contribution in [0.25, 0.3) is 0 Å². The maximum atomic E-state index is 12.9. The van der Waals surface area contributed by atoms with Gasteiger partial charge in [-0.3, -0.25) is 14.5 Å². The molecule has 0 unspecified atom stereocenters. The lowest BCUT2D eigenvalue weighted by Gasteiger charge is -2.51. The van der Waals surface area contributed by atoms with Gasteiger partial charge in [-0.25, -0.2) is 0 Å². The van der Waals surface area contributed by atoms with Crippen LogP contribution >= 0.6 is 0 Å².